The van der Waals surface area contributed by atoms with Crippen LogP contribution in [-0.4, -0.2) is 15.9 Å². The van der Waals surface area contributed by atoms with Crippen molar-refractivity contribution in [2.45, 2.75) is 59.8 Å². The Kier molecular flexibility index (Phi) is 4.97. The average molecular weight is 367 g/mol. The summed E-state index contributed by atoms with van der Waals surface area (Å²) in [5.41, 5.74) is 3.05. The Hall–Kier alpha value is -2.81. The summed E-state index contributed by atoms with van der Waals surface area (Å²) in [6, 6.07) is 5.89. The van der Waals surface area contributed by atoms with Crippen LogP contribution in [0.25, 0.3) is 0 Å². The predicted molar refractivity (Wildman–Crippen MR) is 101 cm³/mol. The first-order chi connectivity index (χ1) is 12.7. The van der Waals surface area contributed by atoms with Crippen LogP contribution in [0.4, 0.5) is 0 Å². The van der Waals surface area contributed by atoms with Crippen molar-refractivity contribution in [3.63, 3.8) is 0 Å². The van der Waals surface area contributed by atoms with Gasteiger partial charge in [-0.2, -0.15) is 5.26 Å². The van der Waals surface area contributed by atoms with Crippen molar-refractivity contribution in [1.29, 1.82) is 5.26 Å². The van der Waals surface area contributed by atoms with Crippen LogP contribution in [-0.2, 0) is 4.79 Å². The second-order valence-corrected chi connectivity index (χ2v) is 8.40. The van der Waals surface area contributed by atoms with E-state index in [9.17, 15) is 10.1 Å². The smallest absolute Gasteiger partial charge is 0.335 e. The van der Waals surface area contributed by atoms with E-state index in [0.29, 0.717) is 29.4 Å². The fraction of sp³-hybridized carbons (Fsp3) is 0.476. The summed E-state index contributed by atoms with van der Waals surface area (Å²) >= 11 is 0. The van der Waals surface area contributed by atoms with Crippen LogP contribution in [0.2, 0.25) is 0 Å². The summed E-state index contributed by atoms with van der Waals surface area (Å²) in [7, 11) is 0. The van der Waals surface area contributed by atoms with E-state index in [4.69, 9.17) is 9.57 Å². The molecule has 0 spiro atoms. The molecular formula is C21H25N3O3. The van der Waals surface area contributed by atoms with Crippen LogP contribution >= 0.6 is 0 Å². The maximum absolute atomic E-state index is 12.1. The lowest BCUT2D eigenvalue weighted by atomic mass is 9.93. The maximum Gasteiger partial charge on any atom is 0.335 e. The number of rotatable bonds is 5. The third-order valence-electron chi connectivity index (χ3n) is 4.37. The molecule has 1 fully saturated rings. The van der Waals surface area contributed by atoms with E-state index in [1.165, 1.54) is 4.85 Å². The molecule has 1 aromatic heterocycles. The van der Waals surface area contributed by atoms with Crippen molar-refractivity contribution >= 4 is 5.97 Å². The zero-order chi connectivity index (χ0) is 19.8. The van der Waals surface area contributed by atoms with Crippen LogP contribution in [0.5, 0.6) is 11.5 Å². The van der Waals surface area contributed by atoms with Crippen molar-refractivity contribution in [1.82, 2.24) is 9.94 Å². The standard InChI is InChI=1S/C21H25N3O3/c1-13-8-16(9-14(2)17(13)11-22)26-18-12-24(23-20(18)15-6-7-15)27-19(25)10-21(3,4)5/h8-9,12,15H,6-7,10H2,1-5H3. The summed E-state index contributed by atoms with van der Waals surface area (Å²) in [6.07, 6.45) is 4.01. The minimum absolute atomic E-state index is 0.152. The number of aryl methyl sites for hydroxylation is 2. The van der Waals surface area contributed by atoms with Crippen LogP contribution < -0.4 is 9.57 Å². The molecule has 0 saturated heterocycles. The predicted octanol–water partition coefficient (Wildman–Crippen LogP) is 4.43. The fourth-order valence-corrected chi connectivity index (χ4v) is 2.97. The van der Waals surface area contributed by atoms with Crippen molar-refractivity contribution in [3.05, 3.63) is 40.7 Å². The van der Waals surface area contributed by atoms with E-state index >= 15 is 0 Å². The van der Waals surface area contributed by atoms with E-state index in [0.717, 1.165) is 29.7 Å². The Bertz CT molecular complexity index is 889. The Morgan fingerprint density at radius 3 is 2.44 bits per heavy atom. The lowest BCUT2D eigenvalue weighted by Gasteiger charge is -2.15. The highest BCUT2D eigenvalue weighted by atomic mass is 16.7. The summed E-state index contributed by atoms with van der Waals surface area (Å²) in [6.45, 7) is 9.72. The van der Waals surface area contributed by atoms with Gasteiger partial charge < -0.3 is 9.57 Å². The molecule has 1 saturated carbocycles. The van der Waals surface area contributed by atoms with Gasteiger partial charge >= 0.3 is 5.97 Å². The number of carbonyl (C=O) groups is 1. The van der Waals surface area contributed by atoms with Crippen LogP contribution in [0.1, 0.15) is 68.3 Å². The number of hydrogen-bond donors (Lipinski definition) is 0. The average Bonchev–Trinajstić information content (AvgIpc) is 3.28. The number of ether oxygens (including phenoxy) is 1. The van der Waals surface area contributed by atoms with Crippen molar-refractivity contribution in [2.75, 3.05) is 0 Å². The first-order valence-electron chi connectivity index (χ1n) is 9.16. The molecule has 1 aliphatic rings. The van der Waals surface area contributed by atoms with Gasteiger partial charge in [0.05, 0.1) is 18.1 Å². The molecule has 0 radical (unpaired) electrons. The number of nitrogens with zero attached hydrogens (tertiary/aromatic N) is 3. The number of nitriles is 1. The van der Waals surface area contributed by atoms with Gasteiger partial charge in [-0.3, -0.25) is 0 Å². The highest BCUT2D eigenvalue weighted by Crippen LogP contribution is 2.44. The Balaban J connectivity index is 1.82. The monoisotopic (exact) mass is 367 g/mol. The van der Waals surface area contributed by atoms with E-state index in [-0.39, 0.29) is 11.4 Å². The number of aromatic nitrogens is 2. The molecule has 0 unspecified atom stereocenters. The zero-order valence-corrected chi connectivity index (χ0v) is 16.5. The van der Waals surface area contributed by atoms with Gasteiger partial charge in [0.25, 0.3) is 0 Å². The van der Waals surface area contributed by atoms with Gasteiger partial charge in [0.1, 0.15) is 17.6 Å². The van der Waals surface area contributed by atoms with Gasteiger partial charge in [0.2, 0.25) is 0 Å². The van der Waals surface area contributed by atoms with Gasteiger partial charge in [-0.25, -0.2) is 4.79 Å². The Morgan fingerprint density at radius 1 is 1.30 bits per heavy atom. The van der Waals surface area contributed by atoms with Crippen LogP contribution in [0.15, 0.2) is 18.3 Å². The fourth-order valence-electron chi connectivity index (χ4n) is 2.97. The Morgan fingerprint density at radius 2 is 1.93 bits per heavy atom. The van der Waals surface area contributed by atoms with E-state index in [2.05, 4.69) is 11.2 Å². The molecule has 27 heavy (non-hydrogen) atoms. The first-order valence-corrected chi connectivity index (χ1v) is 9.16. The zero-order valence-electron chi connectivity index (χ0n) is 16.5. The minimum Gasteiger partial charge on any atom is -0.454 e. The van der Waals surface area contributed by atoms with Gasteiger partial charge in [-0.05, 0) is 55.4 Å². The summed E-state index contributed by atoms with van der Waals surface area (Å²) in [4.78, 5) is 18.7. The quantitative estimate of drug-likeness (QED) is 0.781. The molecule has 0 aliphatic heterocycles. The molecule has 6 heteroatoms. The lowest BCUT2D eigenvalue weighted by Crippen LogP contribution is -2.24. The van der Waals surface area contributed by atoms with Gasteiger partial charge in [0.15, 0.2) is 5.75 Å². The first kappa shape index (κ1) is 19.0. The molecule has 142 valence electrons. The van der Waals surface area contributed by atoms with E-state index in [1.807, 2.05) is 46.8 Å². The highest BCUT2D eigenvalue weighted by Gasteiger charge is 2.31. The van der Waals surface area contributed by atoms with E-state index < -0.39 is 0 Å². The molecule has 0 atom stereocenters. The van der Waals surface area contributed by atoms with Crippen molar-refractivity contribution in [3.8, 4) is 17.6 Å². The topological polar surface area (TPSA) is 77.1 Å². The molecule has 6 nitrogen and oxygen atoms in total. The molecule has 0 amide bonds. The highest BCUT2D eigenvalue weighted by molar-refractivity contribution is 5.70. The molecule has 3 rings (SSSR count). The van der Waals surface area contributed by atoms with E-state index in [1.54, 1.807) is 6.20 Å². The van der Waals surface area contributed by atoms with Crippen molar-refractivity contribution in [2.24, 2.45) is 5.41 Å². The summed E-state index contributed by atoms with van der Waals surface area (Å²) in [5, 5.41) is 13.6. The molecule has 1 aliphatic carbocycles. The number of hydrogen-bond acceptors (Lipinski definition) is 5. The van der Waals surface area contributed by atoms with Crippen LogP contribution in [0.3, 0.4) is 0 Å². The molecule has 2 aromatic rings. The molecule has 1 heterocycles. The van der Waals surface area contributed by atoms with Crippen molar-refractivity contribution < 1.29 is 14.4 Å². The normalized spacial score (nSPS) is 13.9. The molecule has 0 bridgehead atoms. The molecular weight excluding hydrogens is 342 g/mol. The minimum atomic E-state index is -0.330. The number of benzene rings is 1. The van der Waals surface area contributed by atoms with Gasteiger partial charge in [0, 0.05) is 5.92 Å². The molecule has 0 N–H and O–H groups in total. The largest absolute Gasteiger partial charge is 0.454 e. The molecule has 1 aromatic carbocycles. The number of carbonyl (C=O) groups excluding carboxylic acids is 1. The lowest BCUT2D eigenvalue weighted by molar-refractivity contribution is -0.147. The second kappa shape index (κ2) is 7.07. The SMILES string of the molecule is Cc1cc(Oc2cn(OC(=O)CC(C)(C)C)nc2C2CC2)cc(C)c1C#N. The third kappa shape index (κ3) is 4.68. The maximum atomic E-state index is 12.1. The van der Waals surface area contributed by atoms with Crippen LogP contribution in [0, 0.1) is 30.6 Å². The van der Waals surface area contributed by atoms with Gasteiger partial charge in [-0.15, -0.1) is 5.10 Å². The Labute approximate surface area is 159 Å². The second-order valence-electron chi connectivity index (χ2n) is 8.40. The third-order valence-corrected chi connectivity index (χ3v) is 4.37. The summed E-state index contributed by atoms with van der Waals surface area (Å²) in [5.74, 6) is 1.24. The summed E-state index contributed by atoms with van der Waals surface area (Å²) < 4.78 is 6.05. The van der Waals surface area contributed by atoms with Gasteiger partial charge in [-0.1, -0.05) is 25.6 Å².